The van der Waals surface area contributed by atoms with Gasteiger partial charge in [0.2, 0.25) is 5.91 Å². The number of hydrogen-bond acceptors (Lipinski definition) is 3. The molecule has 0 aliphatic rings. The van der Waals surface area contributed by atoms with Gasteiger partial charge in [-0.3, -0.25) is 4.79 Å². The quantitative estimate of drug-likeness (QED) is 0.712. The van der Waals surface area contributed by atoms with Gasteiger partial charge in [-0.15, -0.1) is 0 Å². The van der Waals surface area contributed by atoms with Gasteiger partial charge in [-0.1, -0.05) is 34.6 Å². The lowest BCUT2D eigenvalue weighted by Crippen LogP contribution is -2.44. The molecule has 0 rings (SSSR count). The van der Waals surface area contributed by atoms with Gasteiger partial charge in [-0.05, 0) is 24.7 Å². The molecule has 0 heterocycles. The summed E-state index contributed by atoms with van der Waals surface area (Å²) in [5, 5.41) is 3.02. The third-order valence-corrected chi connectivity index (χ3v) is 2.97. The van der Waals surface area contributed by atoms with Gasteiger partial charge in [0.15, 0.2) is 0 Å². The van der Waals surface area contributed by atoms with E-state index in [4.69, 9.17) is 10.5 Å². The fourth-order valence-corrected chi connectivity index (χ4v) is 2.01. The Kier molecular flexibility index (Phi) is 8.26. The first-order valence-corrected chi connectivity index (χ1v) is 7.28. The van der Waals surface area contributed by atoms with Crippen molar-refractivity contribution in [2.75, 3.05) is 13.2 Å². The highest BCUT2D eigenvalue weighted by Crippen LogP contribution is 2.21. The van der Waals surface area contributed by atoms with Crippen LogP contribution in [-0.2, 0) is 9.53 Å². The summed E-state index contributed by atoms with van der Waals surface area (Å²) in [5.41, 5.74) is 6.18. The zero-order valence-corrected chi connectivity index (χ0v) is 13.5. The van der Waals surface area contributed by atoms with Crippen molar-refractivity contribution in [3.63, 3.8) is 0 Å². The highest BCUT2D eigenvalue weighted by atomic mass is 16.5. The van der Waals surface area contributed by atoms with Crippen LogP contribution in [-0.4, -0.2) is 31.2 Å². The largest absolute Gasteiger partial charge is 0.380 e. The third-order valence-electron chi connectivity index (χ3n) is 2.97. The van der Waals surface area contributed by atoms with Gasteiger partial charge in [-0.2, -0.15) is 0 Å². The van der Waals surface area contributed by atoms with E-state index in [1.54, 1.807) is 0 Å². The normalized spacial score (nSPS) is 15.4. The van der Waals surface area contributed by atoms with E-state index in [0.29, 0.717) is 25.6 Å². The maximum absolute atomic E-state index is 12.0. The van der Waals surface area contributed by atoms with E-state index in [-0.39, 0.29) is 23.4 Å². The Bertz CT molecular complexity index is 259. The van der Waals surface area contributed by atoms with Crippen LogP contribution in [0.15, 0.2) is 0 Å². The molecule has 114 valence electrons. The van der Waals surface area contributed by atoms with Crippen molar-refractivity contribution in [1.29, 1.82) is 0 Å². The molecule has 0 aromatic carbocycles. The van der Waals surface area contributed by atoms with Gasteiger partial charge in [-0.25, -0.2) is 0 Å². The van der Waals surface area contributed by atoms with E-state index < -0.39 is 0 Å². The highest BCUT2D eigenvalue weighted by molar-refractivity contribution is 5.76. The van der Waals surface area contributed by atoms with Crippen LogP contribution in [0.25, 0.3) is 0 Å². The standard InChI is InChI=1S/C15H32N2O2/c1-7-19-10-13(11(2)3)17-14(18)8-12(16)9-15(4,5)6/h11-13H,7-10,16H2,1-6H3,(H,17,18). The third kappa shape index (κ3) is 9.91. The van der Waals surface area contributed by atoms with E-state index in [1.807, 2.05) is 6.92 Å². The number of ether oxygens (including phenoxy) is 1. The molecule has 0 spiro atoms. The summed E-state index contributed by atoms with van der Waals surface area (Å²) in [4.78, 5) is 12.0. The maximum Gasteiger partial charge on any atom is 0.221 e. The number of nitrogens with one attached hydrogen (secondary N) is 1. The average Bonchev–Trinajstić information content (AvgIpc) is 2.20. The minimum absolute atomic E-state index is 0.0233. The highest BCUT2D eigenvalue weighted by Gasteiger charge is 2.21. The smallest absolute Gasteiger partial charge is 0.221 e. The van der Waals surface area contributed by atoms with Crippen LogP contribution in [0, 0.1) is 11.3 Å². The van der Waals surface area contributed by atoms with E-state index in [9.17, 15) is 4.79 Å². The summed E-state index contributed by atoms with van der Waals surface area (Å²) in [7, 11) is 0. The SMILES string of the molecule is CCOCC(NC(=O)CC(N)CC(C)(C)C)C(C)C. The summed E-state index contributed by atoms with van der Waals surface area (Å²) < 4.78 is 5.40. The second kappa shape index (κ2) is 8.54. The molecule has 3 N–H and O–H groups in total. The van der Waals surface area contributed by atoms with E-state index >= 15 is 0 Å². The summed E-state index contributed by atoms with van der Waals surface area (Å²) >= 11 is 0. The van der Waals surface area contributed by atoms with Gasteiger partial charge in [0.05, 0.1) is 12.6 Å². The predicted octanol–water partition coefficient (Wildman–Crippen LogP) is 2.32. The molecule has 0 bridgehead atoms. The molecule has 4 nitrogen and oxygen atoms in total. The molecule has 2 atom stereocenters. The Hall–Kier alpha value is -0.610. The van der Waals surface area contributed by atoms with Crippen LogP contribution < -0.4 is 11.1 Å². The molecule has 0 aliphatic heterocycles. The number of carbonyl (C=O) groups is 1. The molecule has 0 aliphatic carbocycles. The summed E-state index contributed by atoms with van der Waals surface area (Å²) in [6.07, 6.45) is 1.23. The van der Waals surface area contributed by atoms with Crippen molar-refractivity contribution in [3.8, 4) is 0 Å². The van der Waals surface area contributed by atoms with Crippen LogP contribution in [0.3, 0.4) is 0 Å². The van der Waals surface area contributed by atoms with Crippen molar-refractivity contribution in [2.24, 2.45) is 17.1 Å². The number of amides is 1. The molecule has 4 heteroatoms. The Balaban J connectivity index is 4.18. The first kappa shape index (κ1) is 18.4. The molecule has 2 unspecified atom stereocenters. The number of carbonyl (C=O) groups excluding carboxylic acids is 1. The Labute approximate surface area is 118 Å². The van der Waals surface area contributed by atoms with Crippen LogP contribution in [0.4, 0.5) is 0 Å². The monoisotopic (exact) mass is 272 g/mol. The molecule has 0 aromatic heterocycles. The fraction of sp³-hybridized carbons (Fsp3) is 0.933. The molecular formula is C15H32N2O2. The molecule has 0 saturated heterocycles. The number of nitrogens with two attached hydrogens (primary N) is 1. The second-order valence-corrected chi connectivity index (χ2v) is 6.81. The molecular weight excluding hydrogens is 240 g/mol. The lowest BCUT2D eigenvalue weighted by atomic mass is 9.87. The average molecular weight is 272 g/mol. The molecule has 0 radical (unpaired) electrons. The van der Waals surface area contributed by atoms with Crippen molar-refractivity contribution in [3.05, 3.63) is 0 Å². The summed E-state index contributed by atoms with van der Waals surface area (Å²) in [6.45, 7) is 13.8. The molecule has 19 heavy (non-hydrogen) atoms. The van der Waals surface area contributed by atoms with Gasteiger partial charge in [0, 0.05) is 19.1 Å². The Morgan fingerprint density at radius 1 is 1.32 bits per heavy atom. The fourth-order valence-electron chi connectivity index (χ4n) is 2.01. The Morgan fingerprint density at radius 2 is 1.89 bits per heavy atom. The van der Waals surface area contributed by atoms with Gasteiger partial charge >= 0.3 is 0 Å². The lowest BCUT2D eigenvalue weighted by Gasteiger charge is -2.25. The second-order valence-electron chi connectivity index (χ2n) is 6.81. The van der Waals surface area contributed by atoms with Gasteiger partial charge < -0.3 is 15.8 Å². The van der Waals surface area contributed by atoms with Crippen LogP contribution in [0.2, 0.25) is 0 Å². The van der Waals surface area contributed by atoms with Gasteiger partial charge in [0.1, 0.15) is 0 Å². The van der Waals surface area contributed by atoms with Crippen molar-refractivity contribution < 1.29 is 9.53 Å². The zero-order chi connectivity index (χ0) is 15.1. The minimum atomic E-state index is -0.0834. The van der Waals surface area contributed by atoms with Crippen LogP contribution >= 0.6 is 0 Å². The minimum Gasteiger partial charge on any atom is -0.380 e. The van der Waals surface area contributed by atoms with Crippen molar-refractivity contribution >= 4 is 5.91 Å². The van der Waals surface area contributed by atoms with E-state index in [2.05, 4.69) is 39.9 Å². The number of rotatable bonds is 8. The van der Waals surface area contributed by atoms with Crippen LogP contribution in [0.1, 0.15) is 54.4 Å². The lowest BCUT2D eigenvalue weighted by molar-refractivity contribution is -0.123. The van der Waals surface area contributed by atoms with E-state index in [1.165, 1.54) is 0 Å². The summed E-state index contributed by atoms with van der Waals surface area (Å²) in [5.74, 6) is 0.379. The van der Waals surface area contributed by atoms with Crippen molar-refractivity contribution in [2.45, 2.75) is 66.5 Å². The first-order valence-electron chi connectivity index (χ1n) is 7.28. The van der Waals surface area contributed by atoms with E-state index in [0.717, 1.165) is 6.42 Å². The predicted molar refractivity (Wildman–Crippen MR) is 79.9 cm³/mol. The molecule has 0 saturated carbocycles. The molecule has 1 amide bonds. The van der Waals surface area contributed by atoms with Gasteiger partial charge in [0.25, 0.3) is 0 Å². The topological polar surface area (TPSA) is 64.3 Å². The molecule has 0 fully saturated rings. The number of hydrogen-bond donors (Lipinski definition) is 2. The summed E-state index contributed by atoms with van der Waals surface area (Å²) in [6, 6.07) is -0.0193. The maximum atomic E-state index is 12.0. The Morgan fingerprint density at radius 3 is 2.32 bits per heavy atom. The van der Waals surface area contributed by atoms with Crippen LogP contribution in [0.5, 0.6) is 0 Å². The first-order chi connectivity index (χ1) is 8.65. The zero-order valence-electron chi connectivity index (χ0n) is 13.5. The molecule has 0 aromatic rings. The van der Waals surface area contributed by atoms with Crippen molar-refractivity contribution in [1.82, 2.24) is 5.32 Å².